The number of methoxy groups -OCH3 is 1. The van der Waals surface area contributed by atoms with Gasteiger partial charge in [-0.15, -0.1) is 0 Å². The Bertz CT molecular complexity index is 2590. The molecule has 76 heavy (non-hydrogen) atoms. The van der Waals surface area contributed by atoms with Crippen LogP contribution in [0.2, 0.25) is 0 Å². The van der Waals surface area contributed by atoms with Crippen molar-refractivity contribution in [2.24, 2.45) is 23.7 Å². The summed E-state index contributed by atoms with van der Waals surface area (Å²) in [4.78, 5) is 0. The molecule has 0 fully saturated rings. The highest BCUT2D eigenvalue weighted by Gasteiger charge is 2.29. The van der Waals surface area contributed by atoms with Crippen molar-refractivity contribution in [2.45, 2.75) is 211 Å². The lowest BCUT2D eigenvalue weighted by Crippen LogP contribution is -2.46. The van der Waals surface area contributed by atoms with Crippen LogP contribution in [0.4, 0.5) is 0 Å². The monoisotopic (exact) mass is 1020 g/mol. The van der Waals surface area contributed by atoms with E-state index in [0.29, 0.717) is 23.7 Å². The maximum Gasteiger partial charge on any atom is 0.134 e. The van der Waals surface area contributed by atoms with Crippen LogP contribution < -0.4 is 4.74 Å². The predicted molar refractivity (Wildman–Crippen MR) is 338 cm³/mol. The normalized spacial score (nSPS) is 13.8. The molecule has 7 aromatic carbocycles. The smallest absolute Gasteiger partial charge is 0.134 e. The number of hydrogen-bond donors (Lipinski definition) is 0. The highest BCUT2D eigenvalue weighted by atomic mass is 16.5. The molecule has 0 heterocycles. The Balaban J connectivity index is 1.65. The van der Waals surface area contributed by atoms with E-state index in [9.17, 15) is 0 Å². The minimum Gasteiger partial charge on any atom is -0.495 e. The summed E-state index contributed by atoms with van der Waals surface area (Å²) in [5.74, 6) is 3.67. The maximum atomic E-state index is 7.17. The van der Waals surface area contributed by atoms with Gasteiger partial charge >= 0.3 is 0 Å². The van der Waals surface area contributed by atoms with Gasteiger partial charge in [0.25, 0.3) is 0 Å². The third kappa shape index (κ3) is 13.4. The van der Waals surface area contributed by atoms with Crippen molar-refractivity contribution in [1.82, 2.24) is 0 Å². The second-order valence-corrected chi connectivity index (χ2v) is 23.7. The molecule has 0 aromatic heterocycles. The Morgan fingerprint density at radius 2 is 0.658 bits per heavy atom. The molecule has 0 N–H and O–H groups in total. The largest absolute Gasteiger partial charge is 0.495 e. The van der Waals surface area contributed by atoms with Gasteiger partial charge < -0.3 is 9.22 Å². The summed E-state index contributed by atoms with van der Waals surface area (Å²) >= 11 is 0. The van der Waals surface area contributed by atoms with Crippen LogP contribution in [0.1, 0.15) is 207 Å². The lowest BCUT2D eigenvalue weighted by molar-refractivity contribution is -0.936. The van der Waals surface area contributed by atoms with Crippen LogP contribution in [-0.4, -0.2) is 31.2 Å². The number of ether oxygens (including phenoxy) is 1. The summed E-state index contributed by atoms with van der Waals surface area (Å²) < 4.78 is 8.21. The molecule has 2 nitrogen and oxygen atoms in total. The average Bonchev–Trinajstić information content (AvgIpc) is 3.45. The summed E-state index contributed by atoms with van der Waals surface area (Å²) in [5.41, 5.74) is 12.6. The van der Waals surface area contributed by atoms with Gasteiger partial charge in [0.2, 0.25) is 0 Å². The highest BCUT2D eigenvalue weighted by molar-refractivity contribution is 6.18. The SMILES string of the molecule is CCCCC(CC)Cc1cccc2c(-c3cc(C[N+](CC)(CC)CC)cc(-c4c5cccc(CC(CC)CCCC)c5cc5c(CC(CC)CCCC)cccc45)c3OC)c3cccc(CC(CC)CCCC)c3cc12. The third-order valence-corrected chi connectivity index (χ3v) is 19.1. The van der Waals surface area contributed by atoms with Crippen molar-refractivity contribution >= 4 is 43.1 Å². The Morgan fingerprint density at radius 1 is 0.368 bits per heavy atom. The number of fused-ring (bicyclic) bond motifs is 4. The fourth-order valence-corrected chi connectivity index (χ4v) is 13.7. The molecule has 0 amide bonds. The van der Waals surface area contributed by atoms with Gasteiger partial charge in [-0.05, 0) is 160 Å². The molecule has 0 radical (unpaired) electrons. The molecular formula is C74H104NO+. The Kier molecular flexibility index (Phi) is 22.4. The fourth-order valence-electron chi connectivity index (χ4n) is 13.7. The first-order valence-corrected chi connectivity index (χ1v) is 31.6. The summed E-state index contributed by atoms with van der Waals surface area (Å²) in [5, 5.41) is 11.1. The van der Waals surface area contributed by atoms with E-state index in [-0.39, 0.29) is 0 Å². The van der Waals surface area contributed by atoms with Gasteiger partial charge in [-0.2, -0.15) is 0 Å². The Morgan fingerprint density at radius 3 is 0.895 bits per heavy atom. The highest BCUT2D eigenvalue weighted by Crippen LogP contribution is 2.51. The second-order valence-electron chi connectivity index (χ2n) is 23.7. The van der Waals surface area contributed by atoms with Gasteiger partial charge in [-0.1, -0.05) is 231 Å². The van der Waals surface area contributed by atoms with Crippen LogP contribution in [0, 0.1) is 23.7 Å². The van der Waals surface area contributed by atoms with Gasteiger partial charge in [0.05, 0.1) is 26.7 Å². The summed E-state index contributed by atoms with van der Waals surface area (Å²) in [6.45, 7) is 30.5. The molecule has 4 atom stereocenters. The molecule has 0 aliphatic rings. The van der Waals surface area contributed by atoms with Crippen LogP contribution in [0.5, 0.6) is 5.75 Å². The zero-order valence-electron chi connectivity index (χ0n) is 50.4. The molecule has 0 saturated carbocycles. The average molecular weight is 1020 g/mol. The van der Waals surface area contributed by atoms with E-state index >= 15 is 0 Å². The summed E-state index contributed by atoms with van der Waals surface area (Å²) in [6, 6.07) is 39.7. The number of quaternary nitrogens is 1. The molecule has 0 spiro atoms. The first-order chi connectivity index (χ1) is 37.1. The van der Waals surface area contributed by atoms with Gasteiger partial charge in [0.15, 0.2) is 0 Å². The van der Waals surface area contributed by atoms with Gasteiger partial charge in [-0.25, -0.2) is 0 Å². The van der Waals surface area contributed by atoms with Crippen LogP contribution in [0.3, 0.4) is 0 Å². The maximum absolute atomic E-state index is 7.17. The first kappa shape index (κ1) is 59.0. The van der Waals surface area contributed by atoms with Crippen molar-refractivity contribution in [2.75, 3.05) is 26.7 Å². The van der Waals surface area contributed by atoms with Gasteiger partial charge in [0, 0.05) is 27.8 Å². The first-order valence-electron chi connectivity index (χ1n) is 31.6. The lowest BCUT2D eigenvalue weighted by atomic mass is 9.81. The zero-order valence-corrected chi connectivity index (χ0v) is 50.4. The topological polar surface area (TPSA) is 9.23 Å². The molecular weight excluding hydrogens is 919 g/mol. The molecule has 0 aliphatic heterocycles. The summed E-state index contributed by atoms with van der Waals surface area (Å²) in [6.07, 6.45) is 24.6. The van der Waals surface area contributed by atoms with Crippen LogP contribution in [0.25, 0.3) is 65.3 Å². The van der Waals surface area contributed by atoms with Crippen molar-refractivity contribution in [1.29, 1.82) is 0 Å². The third-order valence-electron chi connectivity index (χ3n) is 19.1. The minimum absolute atomic E-state index is 0.666. The molecule has 410 valence electrons. The van der Waals surface area contributed by atoms with E-state index in [4.69, 9.17) is 4.74 Å². The molecule has 0 bridgehead atoms. The standard InChI is InChI=1S/C74H104NO/c1-13-24-32-53(17-5)44-58-36-28-40-62-66(58)50-67-59(45-54(18-6)33-25-14-2)37-29-41-63(67)72(62)70-48-57(52-75(21-9,22-10)23-11)49-71(74(70)76-12)73-64-42-30-38-60(46-55(19-7)34-26-15-3)68(64)51-69-61(39-31-43-65(69)73)47-56(20-8)35-27-16-4/h28-31,36-43,48-51,53-56H,13-27,32-35,44-47,52H2,1-12H3/q+1. The van der Waals surface area contributed by atoms with Crippen molar-refractivity contribution in [3.05, 3.63) is 125 Å². The van der Waals surface area contributed by atoms with E-state index in [0.717, 1.165) is 62.1 Å². The molecule has 2 heteroatoms. The van der Waals surface area contributed by atoms with E-state index < -0.39 is 0 Å². The Hall–Kier alpha value is -4.66. The van der Waals surface area contributed by atoms with Crippen LogP contribution in [-0.2, 0) is 32.2 Å². The quantitative estimate of drug-likeness (QED) is 0.0302. The number of unbranched alkanes of at least 4 members (excludes halogenated alkanes) is 4. The number of hydrogen-bond acceptors (Lipinski definition) is 1. The number of nitrogens with zero attached hydrogens (tertiary/aromatic N) is 1. The zero-order chi connectivity index (χ0) is 54.2. The van der Waals surface area contributed by atoms with E-state index in [1.807, 2.05) is 7.11 Å². The summed E-state index contributed by atoms with van der Waals surface area (Å²) in [7, 11) is 1.97. The second kappa shape index (κ2) is 28.8. The van der Waals surface area contributed by atoms with Crippen molar-refractivity contribution in [3.8, 4) is 28.0 Å². The van der Waals surface area contributed by atoms with E-state index in [1.165, 1.54) is 196 Å². The predicted octanol–water partition coefficient (Wildman–Crippen LogP) is 22.1. The van der Waals surface area contributed by atoms with Crippen molar-refractivity contribution in [3.63, 3.8) is 0 Å². The Labute approximate surface area is 464 Å². The lowest BCUT2D eigenvalue weighted by Gasteiger charge is -2.36. The van der Waals surface area contributed by atoms with Crippen LogP contribution in [0.15, 0.2) is 97.1 Å². The van der Waals surface area contributed by atoms with Gasteiger partial charge in [0.1, 0.15) is 12.3 Å². The minimum atomic E-state index is 0.666. The van der Waals surface area contributed by atoms with E-state index in [2.05, 4.69) is 173 Å². The van der Waals surface area contributed by atoms with E-state index in [1.54, 1.807) is 0 Å². The van der Waals surface area contributed by atoms with Crippen LogP contribution >= 0.6 is 0 Å². The fraction of sp³-hybridized carbons (Fsp3) is 0.541. The molecule has 7 aromatic rings. The molecule has 4 unspecified atom stereocenters. The van der Waals surface area contributed by atoms with Gasteiger partial charge in [-0.3, -0.25) is 0 Å². The van der Waals surface area contributed by atoms with Crippen molar-refractivity contribution < 1.29 is 9.22 Å². The number of benzene rings is 7. The molecule has 0 saturated heterocycles. The number of rotatable bonds is 32. The molecule has 0 aliphatic carbocycles. The molecule has 7 rings (SSSR count).